The van der Waals surface area contributed by atoms with Crippen LogP contribution in [0.15, 0.2) is 94.8 Å². The molecule has 0 radical (unpaired) electrons. The topological polar surface area (TPSA) is 220 Å². The van der Waals surface area contributed by atoms with Crippen molar-refractivity contribution in [2.24, 2.45) is 0 Å². The van der Waals surface area contributed by atoms with E-state index in [1.54, 1.807) is 0 Å². The zero-order valence-electron chi connectivity index (χ0n) is 80.9. The standard InChI is InChI=1S/2C54H94O7S.Ca/c2*1-3-5-7-9-11-13-15-17-19-21-23-25-27-29-31-33-35-37-39-41-43-47-60-53(55)51-46-45-50(62(57,58)59)49-52(51)54(56)61-48-44-42-40-38-36-34-32-30-28-26-24-22-20-18-16-14-12-10-8-6-4-2;/h2*19-22,45-46,49H,3-18,23-44,47-48H2,1-2H3,(H,57,58,59);/q;;+2/p-2/b2*21-19+,22-20+;. The fraction of sp³-hybridized carbons (Fsp3) is 0.778. The third kappa shape index (κ3) is 78.7. The Morgan fingerprint density at radius 1 is 0.216 bits per heavy atom. The molecule has 17 heteroatoms. The zero-order chi connectivity index (χ0) is 90.1. The summed E-state index contributed by atoms with van der Waals surface area (Å²) in [7, 11) is -9.64. The molecule has 0 saturated heterocycles. The predicted octanol–water partition coefficient (Wildman–Crippen LogP) is 33.4. The van der Waals surface area contributed by atoms with E-state index in [4.69, 9.17) is 18.9 Å². The number of carbonyl (C=O) groups is 4. The fourth-order valence-corrected chi connectivity index (χ4v) is 16.9. The molecule has 716 valence electrons. The Morgan fingerprint density at radius 2 is 0.352 bits per heavy atom. The van der Waals surface area contributed by atoms with Gasteiger partial charge in [0.05, 0.1) is 58.5 Å². The quantitative estimate of drug-likeness (QED) is 0.0150. The summed E-state index contributed by atoms with van der Waals surface area (Å²) in [6, 6.07) is 6.31. The minimum atomic E-state index is -4.82. The second-order valence-electron chi connectivity index (χ2n) is 35.7. The summed E-state index contributed by atoms with van der Waals surface area (Å²) in [6.45, 7) is 9.81. The molecule has 0 fully saturated rings. The maximum Gasteiger partial charge on any atom is 2.00 e. The molecule has 0 aromatic heterocycles. The van der Waals surface area contributed by atoms with Crippen LogP contribution in [-0.2, 0) is 39.2 Å². The summed E-state index contributed by atoms with van der Waals surface area (Å²) >= 11 is 0. The summed E-state index contributed by atoms with van der Waals surface area (Å²) in [4.78, 5) is 50.7. The zero-order valence-corrected chi connectivity index (χ0v) is 84.7. The van der Waals surface area contributed by atoms with Crippen molar-refractivity contribution in [2.45, 2.75) is 525 Å². The number of hydrogen-bond donors (Lipinski definition) is 0. The Labute approximate surface area is 798 Å². The number of allylic oxidation sites excluding steroid dienone is 8. The number of rotatable bonds is 90. The molecule has 0 saturated carbocycles. The van der Waals surface area contributed by atoms with Crippen molar-refractivity contribution >= 4 is 81.9 Å². The van der Waals surface area contributed by atoms with Gasteiger partial charge in [0.15, 0.2) is 0 Å². The van der Waals surface area contributed by atoms with Gasteiger partial charge in [0, 0.05) is 0 Å². The second-order valence-corrected chi connectivity index (χ2v) is 38.4. The van der Waals surface area contributed by atoms with Crippen molar-refractivity contribution in [3.63, 3.8) is 0 Å². The van der Waals surface area contributed by atoms with E-state index in [2.05, 4.69) is 76.3 Å². The van der Waals surface area contributed by atoms with Crippen molar-refractivity contribution in [3.05, 3.63) is 107 Å². The Balaban J connectivity index is 0.00000244. The first-order valence-electron chi connectivity index (χ1n) is 52.1. The van der Waals surface area contributed by atoms with Crippen molar-refractivity contribution in [1.82, 2.24) is 0 Å². The fourth-order valence-electron chi connectivity index (χ4n) is 16.0. The molecular weight excluding hydrogens is 1630 g/mol. The second kappa shape index (κ2) is 92.2. The number of benzene rings is 2. The Bertz CT molecular complexity index is 2950. The summed E-state index contributed by atoms with van der Waals surface area (Å²) in [5, 5.41) is 0. The number of esters is 4. The van der Waals surface area contributed by atoms with Gasteiger partial charge in [0.1, 0.15) is 20.2 Å². The van der Waals surface area contributed by atoms with Gasteiger partial charge in [-0.25, -0.2) is 36.0 Å². The van der Waals surface area contributed by atoms with E-state index < -0.39 is 53.9 Å². The van der Waals surface area contributed by atoms with Crippen molar-refractivity contribution in [3.8, 4) is 0 Å². The molecule has 0 unspecified atom stereocenters. The summed E-state index contributed by atoms with van der Waals surface area (Å²) in [6.07, 6.45) is 113. The molecule has 0 amide bonds. The molecule has 2 rings (SSSR count). The Kier molecular flexibility index (Phi) is 89.5. The smallest absolute Gasteiger partial charge is 0.744 e. The minimum Gasteiger partial charge on any atom is -0.744 e. The molecule has 125 heavy (non-hydrogen) atoms. The first-order chi connectivity index (χ1) is 60.6. The molecule has 0 atom stereocenters. The molecule has 14 nitrogen and oxygen atoms in total. The van der Waals surface area contributed by atoms with E-state index in [0.29, 0.717) is 25.7 Å². The van der Waals surface area contributed by atoms with Crippen LogP contribution in [0, 0.1) is 0 Å². The number of unbranched alkanes of at least 4 members (excludes halogenated alkanes) is 68. The third-order valence-corrected chi connectivity index (χ3v) is 25.7. The first-order valence-corrected chi connectivity index (χ1v) is 54.9. The van der Waals surface area contributed by atoms with E-state index in [9.17, 15) is 45.1 Å². The molecule has 0 aliphatic carbocycles. The number of carbonyl (C=O) groups excluding carboxylic acids is 4. The molecular formula is C108H186CaO14S2. The largest absolute Gasteiger partial charge is 2.00 e. The summed E-state index contributed by atoms with van der Waals surface area (Å²) < 4.78 is 92.0. The van der Waals surface area contributed by atoms with Gasteiger partial charge in [0.25, 0.3) is 0 Å². The average Bonchev–Trinajstić information content (AvgIpc) is 0.812. The van der Waals surface area contributed by atoms with Crippen LogP contribution >= 0.6 is 0 Å². The first kappa shape index (κ1) is 121. The van der Waals surface area contributed by atoms with E-state index in [1.165, 1.54) is 397 Å². The van der Waals surface area contributed by atoms with Crippen LogP contribution in [0.25, 0.3) is 0 Å². The number of ether oxygens (including phenoxy) is 4. The molecule has 2 aromatic carbocycles. The van der Waals surface area contributed by atoms with E-state index in [-0.39, 0.29) is 86.4 Å². The van der Waals surface area contributed by atoms with Gasteiger partial charge in [0.2, 0.25) is 0 Å². The molecule has 0 heterocycles. The van der Waals surface area contributed by atoms with E-state index in [0.717, 1.165) is 101 Å². The van der Waals surface area contributed by atoms with Gasteiger partial charge in [-0.3, -0.25) is 0 Å². The summed E-state index contributed by atoms with van der Waals surface area (Å²) in [5.41, 5.74) is -0.669. The van der Waals surface area contributed by atoms with Gasteiger partial charge >= 0.3 is 61.6 Å². The predicted molar refractivity (Wildman–Crippen MR) is 526 cm³/mol. The molecule has 0 spiro atoms. The van der Waals surface area contributed by atoms with Crippen molar-refractivity contribution < 1.29 is 64.1 Å². The Morgan fingerprint density at radius 3 is 0.504 bits per heavy atom. The molecule has 0 N–H and O–H groups in total. The maximum absolute atomic E-state index is 13.0. The third-order valence-electron chi connectivity index (χ3n) is 24.0. The molecule has 0 aliphatic rings. The van der Waals surface area contributed by atoms with Crippen LogP contribution in [0.2, 0.25) is 0 Å². The monoisotopic (exact) mass is 1810 g/mol. The van der Waals surface area contributed by atoms with Crippen molar-refractivity contribution in [1.29, 1.82) is 0 Å². The normalized spacial score (nSPS) is 11.8. The molecule has 2 aromatic rings. The van der Waals surface area contributed by atoms with Gasteiger partial charge < -0.3 is 28.1 Å². The van der Waals surface area contributed by atoms with Gasteiger partial charge in [-0.05, 0) is 165 Å². The average molecular weight is 1810 g/mol. The SMILES string of the molecule is CCCCCCCCC/C=C/CCCCCCCCCCCCOC(=O)c1ccc(S(=O)(=O)[O-])cc1C(=O)OCCCCCCCCCCCC/C=C/CCCCCCCCC.CCCCCCCCC/C=C/CCCCCCCCCCCCOC(=O)c1ccc(S(=O)(=O)[O-])cc1C(=O)OCCCCCCCCCCCC/C=C/CCCCCCCCC.[Ca+2]. The van der Waals surface area contributed by atoms with E-state index in [1.807, 2.05) is 0 Å². The van der Waals surface area contributed by atoms with Crippen LogP contribution in [0.4, 0.5) is 0 Å². The van der Waals surface area contributed by atoms with Gasteiger partial charge in [-0.2, -0.15) is 0 Å². The van der Waals surface area contributed by atoms with Crippen LogP contribution in [0.5, 0.6) is 0 Å². The van der Waals surface area contributed by atoms with Gasteiger partial charge in [-0.15, -0.1) is 0 Å². The van der Waals surface area contributed by atoms with Crippen LogP contribution in [-0.4, -0.2) is 114 Å². The van der Waals surface area contributed by atoms with Crippen LogP contribution in [0.1, 0.15) is 557 Å². The maximum atomic E-state index is 13.0. The molecule has 0 bridgehead atoms. The molecule has 0 aliphatic heterocycles. The van der Waals surface area contributed by atoms with Crippen molar-refractivity contribution in [2.75, 3.05) is 26.4 Å². The van der Waals surface area contributed by atoms with Gasteiger partial charge in [-0.1, -0.05) is 436 Å². The number of hydrogen-bond acceptors (Lipinski definition) is 14. The summed E-state index contributed by atoms with van der Waals surface area (Å²) in [5.74, 6) is -3.09. The van der Waals surface area contributed by atoms with Crippen LogP contribution < -0.4 is 0 Å². The Hall–Kier alpha value is -3.64. The minimum absolute atomic E-state index is 0. The van der Waals surface area contributed by atoms with E-state index >= 15 is 0 Å². The van der Waals surface area contributed by atoms with Crippen LogP contribution in [0.3, 0.4) is 0 Å².